The van der Waals surface area contributed by atoms with E-state index in [4.69, 9.17) is 0 Å². The quantitative estimate of drug-likeness (QED) is 0.527. The van der Waals surface area contributed by atoms with Gasteiger partial charge in [-0.3, -0.25) is 4.98 Å². The molecule has 0 saturated heterocycles. The van der Waals surface area contributed by atoms with E-state index in [9.17, 15) is 4.39 Å². The monoisotopic (exact) mass is 302 g/mol. The Balaban J connectivity index is 1.87. The summed E-state index contributed by atoms with van der Waals surface area (Å²) >= 11 is 0. The maximum atomic E-state index is 13.1. The first-order valence-corrected chi connectivity index (χ1v) is 7.55. The fourth-order valence-electron chi connectivity index (χ4n) is 2.88. The van der Waals surface area contributed by atoms with Crippen molar-refractivity contribution in [3.63, 3.8) is 0 Å². The number of fused-ring (bicyclic) bond motifs is 1. The zero-order chi connectivity index (χ0) is 15.6. The lowest BCUT2D eigenvalue weighted by Gasteiger charge is -2.11. The summed E-state index contributed by atoms with van der Waals surface area (Å²) in [4.78, 5) is 4.46. The highest BCUT2D eigenvalue weighted by Gasteiger charge is 2.11. The second-order valence-electron chi connectivity index (χ2n) is 5.52. The third-order valence-electron chi connectivity index (χ3n) is 3.99. The standard InChI is InChI=1S/C20H15FN2/c21-17-10-8-15(9-11-17)14-23-19-7-4-12-22-18(19)13-20(23)16-5-2-1-3-6-16/h1-13H,14H2. The van der Waals surface area contributed by atoms with Crippen LogP contribution in [0.15, 0.2) is 79.0 Å². The average molecular weight is 302 g/mol. The third-order valence-corrected chi connectivity index (χ3v) is 3.99. The molecular formula is C20H15FN2. The number of benzene rings is 2. The van der Waals surface area contributed by atoms with Gasteiger partial charge >= 0.3 is 0 Å². The molecule has 4 aromatic rings. The SMILES string of the molecule is Fc1ccc(Cn2c(-c3ccccc3)cc3ncccc32)cc1. The fourth-order valence-corrected chi connectivity index (χ4v) is 2.88. The third kappa shape index (κ3) is 2.61. The van der Waals surface area contributed by atoms with Crippen LogP contribution >= 0.6 is 0 Å². The lowest BCUT2D eigenvalue weighted by molar-refractivity contribution is 0.626. The molecule has 0 bridgehead atoms. The molecule has 2 aromatic heterocycles. The van der Waals surface area contributed by atoms with E-state index in [-0.39, 0.29) is 5.82 Å². The molecule has 0 fully saturated rings. The molecule has 0 aliphatic heterocycles. The predicted octanol–water partition coefficient (Wildman–Crippen LogP) is 4.89. The Labute approximate surface area is 133 Å². The lowest BCUT2D eigenvalue weighted by atomic mass is 10.1. The topological polar surface area (TPSA) is 17.8 Å². The first-order valence-electron chi connectivity index (χ1n) is 7.55. The van der Waals surface area contributed by atoms with E-state index in [1.165, 1.54) is 12.1 Å². The molecular weight excluding hydrogens is 287 g/mol. The van der Waals surface area contributed by atoms with Crippen molar-refractivity contribution < 1.29 is 4.39 Å². The molecule has 0 unspecified atom stereocenters. The molecule has 0 amide bonds. The summed E-state index contributed by atoms with van der Waals surface area (Å²) < 4.78 is 15.4. The number of hydrogen-bond donors (Lipinski definition) is 0. The number of hydrogen-bond acceptors (Lipinski definition) is 1. The first kappa shape index (κ1) is 13.7. The predicted molar refractivity (Wildman–Crippen MR) is 90.7 cm³/mol. The molecule has 4 rings (SSSR count). The van der Waals surface area contributed by atoms with Gasteiger partial charge in [-0.2, -0.15) is 0 Å². The summed E-state index contributed by atoms with van der Waals surface area (Å²) in [5.74, 6) is -0.212. The average Bonchev–Trinajstić information content (AvgIpc) is 2.96. The number of halogens is 1. The van der Waals surface area contributed by atoms with Crippen LogP contribution in [0.3, 0.4) is 0 Å². The Kier molecular flexibility index (Phi) is 3.39. The molecule has 23 heavy (non-hydrogen) atoms. The number of nitrogens with zero attached hydrogens (tertiary/aromatic N) is 2. The summed E-state index contributed by atoms with van der Waals surface area (Å²) in [6.45, 7) is 0.680. The van der Waals surface area contributed by atoms with Crippen molar-refractivity contribution in [2.45, 2.75) is 6.54 Å². The Morgan fingerprint density at radius 3 is 2.43 bits per heavy atom. The van der Waals surface area contributed by atoms with E-state index < -0.39 is 0 Å². The first-order chi connectivity index (χ1) is 11.3. The zero-order valence-corrected chi connectivity index (χ0v) is 12.5. The lowest BCUT2D eigenvalue weighted by Crippen LogP contribution is -2.01. The van der Waals surface area contributed by atoms with Crippen LogP contribution in [0, 0.1) is 5.82 Å². The maximum Gasteiger partial charge on any atom is 0.123 e. The Morgan fingerprint density at radius 1 is 0.870 bits per heavy atom. The van der Waals surface area contributed by atoms with Gasteiger partial charge < -0.3 is 4.57 Å². The van der Waals surface area contributed by atoms with Crippen molar-refractivity contribution in [2.24, 2.45) is 0 Å². The minimum atomic E-state index is -0.212. The van der Waals surface area contributed by atoms with Crippen LogP contribution in [0.2, 0.25) is 0 Å². The molecule has 2 aromatic carbocycles. The highest BCUT2D eigenvalue weighted by atomic mass is 19.1. The molecule has 2 nitrogen and oxygen atoms in total. The van der Waals surface area contributed by atoms with Gasteiger partial charge in [-0.1, -0.05) is 42.5 Å². The summed E-state index contributed by atoms with van der Waals surface area (Å²) in [5, 5.41) is 0. The summed E-state index contributed by atoms with van der Waals surface area (Å²) in [5.41, 5.74) is 5.37. The van der Waals surface area contributed by atoms with Gasteiger partial charge in [0.05, 0.1) is 16.7 Å². The van der Waals surface area contributed by atoms with Gasteiger partial charge in [0.2, 0.25) is 0 Å². The molecule has 0 aliphatic carbocycles. The van der Waals surface area contributed by atoms with Crippen LogP contribution in [-0.4, -0.2) is 9.55 Å². The van der Waals surface area contributed by atoms with Gasteiger partial charge in [0.25, 0.3) is 0 Å². The minimum absolute atomic E-state index is 0.212. The van der Waals surface area contributed by atoms with Crippen LogP contribution in [0.5, 0.6) is 0 Å². The van der Waals surface area contributed by atoms with Crippen molar-refractivity contribution in [1.82, 2.24) is 9.55 Å². The fraction of sp³-hybridized carbons (Fsp3) is 0.0500. The number of rotatable bonds is 3. The van der Waals surface area contributed by atoms with Gasteiger partial charge in [0.15, 0.2) is 0 Å². The molecule has 0 radical (unpaired) electrons. The van der Waals surface area contributed by atoms with Crippen LogP contribution in [-0.2, 0) is 6.54 Å². The molecule has 112 valence electrons. The second kappa shape index (κ2) is 5.69. The van der Waals surface area contributed by atoms with E-state index in [0.717, 1.165) is 27.9 Å². The van der Waals surface area contributed by atoms with Crippen molar-refractivity contribution >= 4 is 11.0 Å². The van der Waals surface area contributed by atoms with Crippen molar-refractivity contribution in [1.29, 1.82) is 0 Å². The molecule has 0 aliphatic rings. The summed E-state index contributed by atoms with van der Waals surface area (Å²) in [6, 6.07) is 23.0. The smallest absolute Gasteiger partial charge is 0.123 e. The normalized spacial score (nSPS) is 11.0. The second-order valence-corrected chi connectivity index (χ2v) is 5.52. The van der Waals surface area contributed by atoms with Crippen LogP contribution in [0.4, 0.5) is 4.39 Å². The van der Waals surface area contributed by atoms with Gasteiger partial charge in [-0.15, -0.1) is 0 Å². The van der Waals surface area contributed by atoms with E-state index in [2.05, 4.69) is 33.8 Å². The number of pyridine rings is 1. The van der Waals surface area contributed by atoms with Crippen molar-refractivity contribution in [2.75, 3.05) is 0 Å². The van der Waals surface area contributed by atoms with Gasteiger partial charge in [-0.25, -0.2) is 4.39 Å². The van der Waals surface area contributed by atoms with Gasteiger partial charge in [0, 0.05) is 12.7 Å². The number of aromatic nitrogens is 2. The Bertz CT molecular complexity index is 940. The highest BCUT2D eigenvalue weighted by molar-refractivity contribution is 5.83. The van der Waals surface area contributed by atoms with Crippen LogP contribution in [0.1, 0.15) is 5.56 Å². The van der Waals surface area contributed by atoms with Crippen LogP contribution < -0.4 is 0 Å². The molecule has 2 heterocycles. The van der Waals surface area contributed by atoms with E-state index >= 15 is 0 Å². The van der Waals surface area contributed by atoms with E-state index in [1.807, 2.05) is 36.4 Å². The maximum absolute atomic E-state index is 13.1. The largest absolute Gasteiger partial charge is 0.335 e. The molecule has 0 atom stereocenters. The van der Waals surface area contributed by atoms with E-state index in [1.54, 1.807) is 6.20 Å². The highest BCUT2D eigenvalue weighted by Crippen LogP contribution is 2.28. The Hall–Kier alpha value is -2.94. The van der Waals surface area contributed by atoms with Crippen molar-refractivity contribution in [3.05, 3.63) is 90.4 Å². The Morgan fingerprint density at radius 2 is 1.65 bits per heavy atom. The van der Waals surface area contributed by atoms with E-state index in [0.29, 0.717) is 6.54 Å². The summed E-state index contributed by atoms with van der Waals surface area (Å²) in [6.07, 6.45) is 1.80. The summed E-state index contributed by atoms with van der Waals surface area (Å²) in [7, 11) is 0. The van der Waals surface area contributed by atoms with Crippen molar-refractivity contribution in [3.8, 4) is 11.3 Å². The van der Waals surface area contributed by atoms with Gasteiger partial charge in [0.1, 0.15) is 5.82 Å². The molecule has 0 spiro atoms. The molecule has 0 saturated carbocycles. The zero-order valence-electron chi connectivity index (χ0n) is 12.5. The van der Waals surface area contributed by atoms with Crippen LogP contribution in [0.25, 0.3) is 22.3 Å². The minimum Gasteiger partial charge on any atom is -0.335 e. The molecule has 3 heteroatoms. The van der Waals surface area contributed by atoms with Gasteiger partial charge in [-0.05, 0) is 41.5 Å². The molecule has 0 N–H and O–H groups in total.